The second kappa shape index (κ2) is 13.3. The van der Waals surface area contributed by atoms with E-state index in [0.29, 0.717) is 5.84 Å². The fourth-order valence-corrected chi connectivity index (χ4v) is 9.08. The number of aliphatic imine (C=N–C) groups is 2. The number of furan rings is 1. The maximum Gasteiger partial charge on any atom is 0.159 e. The number of hydrogen-bond acceptors (Lipinski definition) is 5. The van der Waals surface area contributed by atoms with Crippen LogP contribution in [0.25, 0.3) is 75.5 Å². The minimum Gasteiger partial charge on any atom is -0.456 e. The van der Waals surface area contributed by atoms with Gasteiger partial charge in [-0.1, -0.05) is 140 Å². The van der Waals surface area contributed by atoms with Gasteiger partial charge in [-0.25, -0.2) is 9.98 Å². The van der Waals surface area contributed by atoms with Gasteiger partial charge in [0.1, 0.15) is 23.2 Å². The first-order valence-electron chi connectivity index (χ1n) is 18.8. The minimum absolute atomic E-state index is 0.384. The second-order valence-corrected chi connectivity index (χ2v) is 15.3. The standard InChI is InChI=1S/C51H33N3OS/c1-3-13-32(14-4-1)34-17-11-19-37(27-34)49-52-50(38-20-12-18-35(28-38)33-15-5-2-6-16-33)54-51(53-49)39-30-42(48-41-22-7-9-23-44(41)55-45(48)31-39)36-25-26-47-43(29-36)40-21-8-10-24-46(40)56-47/h1-31,49H,(H,52,53,54). The summed E-state index contributed by atoms with van der Waals surface area (Å²) in [7, 11) is 0. The molecule has 1 aliphatic rings. The SMILES string of the molecule is c1ccc(-c2cccc(C3=NC(c4cccc(-c5ccccc5)c4)NC(c4cc(-c5ccc6sc7ccccc7c6c5)c5c(c4)oc4ccccc45)=N3)c2)cc1. The van der Waals surface area contributed by atoms with E-state index in [2.05, 4.69) is 169 Å². The van der Waals surface area contributed by atoms with E-state index in [1.807, 2.05) is 35.6 Å². The summed E-state index contributed by atoms with van der Waals surface area (Å²) >= 11 is 1.83. The van der Waals surface area contributed by atoms with E-state index in [9.17, 15) is 0 Å². The lowest BCUT2D eigenvalue weighted by Crippen LogP contribution is -2.33. The average Bonchev–Trinajstić information content (AvgIpc) is 3.85. The van der Waals surface area contributed by atoms with Crippen LogP contribution in [-0.2, 0) is 0 Å². The van der Waals surface area contributed by atoms with Crippen LogP contribution in [0.5, 0.6) is 0 Å². The molecule has 1 unspecified atom stereocenters. The number of hydrogen-bond donors (Lipinski definition) is 1. The van der Waals surface area contributed by atoms with Crippen LogP contribution in [0.1, 0.15) is 22.9 Å². The lowest BCUT2D eigenvalue weighted by Gasteiger charge is -2.24. The monoisotopic (exact) mass is 735 g/mol. The molecule has 1 N–H and O–H groups in total. The fraction of sp³-hybridized carbons (Fsp3) is 0.0196. The molecule has 5 heteroatoms. The van der Waals surface area contributed by atoms with Crippen LogP contribution >= 0.6 is 11.3 Å². The molecule has 0 amide bonds. The summed E-state index contributed by atoms with van der Waals surface area (Å²) in [6.07, 6.45) is -0.384. The Morgan fingerprint density at radius 3 is 1.93 bits per heavy atom. The van der Waals surface area contributed by atoms with Crippen molar-refractivity contribution in [3.8, 4) is 33.4 Å². The quantitative estimate of drug-likeness (QED) is 0.185. The zero-order chi connectivity index (χ0) is 37.0. The Hall–Kier alpha value is -7.08. The highest BCUT2D eigenvalue weighted by atomic mass is 32.1. The Bertz CT molecular complexity index is 3180. The number of benzene rings is 8. The van der Waals surface area contributed by atoms with Crippen LogP contribution in [-0.4, -0.2) is 11.7 Å². The molecule has 1 atom stereocenters. The summed E-state index contributed by atoms with van der Waals surface area (Å²) in [5, 5.41) is 8.48. The van der Waals surface area contributed by atoms with E-state index in [-0.39, 0.29) is 6.17 Å². The molecule has 56 heavy (non-hydrogen) atoms. The van der Waals surface area contributed by atoms with Crippen LogP contribution < -0.4 is 5.32 Å². The van der Waals surface area contributed by atoms with Gasteiger partial charge in [-0.2, -0.15) is 0 Å². The molecule has 2 aromatic heterocycles. The second-order valence-electron chi connectivity index (χ2n) is 14.2. The Balaban J connectivity index is 1.10. The van der Waals surface area contributed by atoms with Crippen molar-refractivity contribution >= 4 is 65.1 Å². The van der Waals surface area contributed by atoms with Gasteiger partial charge in [-0.15, -0.1) is 11.3 Å². The van der Waals surface area contributed by atoms with Crippen molar-refractivity contribution in [1.29, 1.82) is 0 Å². The van der Waals surface area contributed by atoms with E-state index in [1.54, 1.807) is 0 Å². The number of rotatable bonds is 6. The van der Waals surface area contributed by atoms with E-state index < -0.39 is 0 Å². The topological polar surface area (TPSA) is 49.9 Å². The van der Waals surface area contributed by atoms with E-state index in [0.717, 1.165) is 77.8 Å². The highest BCUT2D eigenvalue weighted by Gasteiger charge is 2.24. The number of thiophene rings is 1. The third-order valence-electron chi connectivity index (χ3n) is 10.7. The van der Waals surface area contributed by atoms with Gasteiger partial charge >= 0.3 is 0 Å². The van der Waals surface area contributed by atoms with E-state index in [1.165, 1.54) is 20.2 Å². The molecule has 0 bridgehead atoms. The van der Waals surface area contributed by atoms with Gasteiger partial charge in [0.05, 0.1) is 0 Å². The Kier molecular flexibility index (Phi) is 7.71. The molecule has 1 aliphatic heterocycles. The third kappa shape index (κ3) is 5.69. The first-order chi connectivity index (χ1) is 27.7. The summed E-state index contributed by atoms with van der Waals surface area (Å²) < 4.78 is 9.20. The minimum atomic E-state index is -0.384. The summed E-state index contributed by atoms with van der Waals surface area (Å²) in [6.45, 7) is 0. The zero-order valence-electron chi connectivity index (χ0n) is 30.2. The summed E-state index contributed by atoms with van der Waals surface area (Å²) in [5.41, 5.74) is 11.4. The van der Waals surface area contributed by atoms with Crippen molar-refractivity contribution in [3.05, 3.63) is 205 Å². The normalized spacial score (nSPS) is 14.2. The molecule has 0 saturated heterocycles. The lowest BCUT2D eigenvalue weighted by molar-refractivity contribution is 0.666. The maximum atomic E-state index is 6.63. The first-order valence-corrected chi connectivity index (χ1v) is 19.7. The van der Waals surface area contributed by atoms with Gasteiger partial charge in [-0.3, -0.25) is 0 Å². The Morgan fingerprint density at radius 2 is 1.11 bits per heavy atom. The highest BCUT2D eigenvalue weighted by Crippen LogP contribution is 2.41. The van der Waals surface area contributed by atoms with E-state index in [4.69, 9.17) is 14.4 Å². The molecule has 11 rings (SSSR count). The molecular formula is C51H33N3OS. The number of nitrogens with zero attached hydrogens (tertiary/aromatic N) is 2. The molecule has 10 aromatic rings. The number of amidine groups is 2. The smallest absolute Gasteiger partial charge is 0.159 e. The predicted octanol–water partition coefficient (Wildman–Crippen LogP) is 13.5. The van der Waals surface area contributed by atoms with E-state index >= 15 is 0 Å². The number of nitrogens with one attached hydrogen (secondary N) is 1. The molecule has 0 saturated carbocycles. The fourth-order valence-electron chi connectivity index (χ4n) is 8.00. The molecular weight excluding hydrogens is 703 g/mol. The molecule has 264 valence electrons. The zero-order valence-corrected chi connectivity index (χ0v) is 31.0. The molecule has 4 nitrogen and oxygen atoms in total. The number of fused-ring (bicyclic) bond motifs is 6. The van der Waals surface area contributed by atoms with Gasteiger partial charge in [-0.05, 0) is 87.5 Å². The van der Waals surface area contributed by atoms with Gasteiger partial charge < -0.3 is 9.73 Å². The van der Waals surface area contributed by atoms with Crippen LogP contribution in [0.15, 0.2) is 202 Å². The molecule has 0 fully saturated rings. The van der Waals surface area contributed by atoms with Crippen molar-refractivity contribution in [2.24, 2.45) is 9.98 Å². The predicted molar refractivity (Wildman–Crippen MR) is 235 cm³/mol. The van der Waals surface area contributed by atoms with Crippen LogP contribution in [0.4, 0.5) is 0 Å². The maximum absolute atomic E-state index is 6.63. The van der Waals surface area contributed by atoms with Crippen molar-refractivity contribution in [2.75, 3.05) is 0 Å². The van der Waals surface area contributed by atoms with Crippen molar-refractivity contribution < 1.29 is 4.42 Å². The Labute approximate surface area is 327 Å². The molecule has 8 aromatic carbocycles. The van der Waals surface area contributed by atoms with Gasteiger partial charge in [0.15, 0.2) is 5.84 Å². The first kappa shape index (κ1) is 32.4. The van der Waals surface area contributed by atoms with Gasteiger partial charge in [0.2, 0.25) is 0 Å². The summed E-state index contributed by atoms with van der Waals surface area (Å²) in [5.74, 6) is 1.41. The third-order valence-corrected chi connectivity index (χ3v) is 11.9. The number of para-hydroxylation sites is 1. The van der Waals surface area contributed by atoms with Crippen LogP contribution in [0, 0.1) is 0 Å². The lowest BCUT2D eigenvalue weighted by atomic mass is 9.95. The molecule has 3 heterocycles. The Morgan fingerprint density at radius 1 is 0.446 bits per heavy atom. The molecule has 0 spiro atoms. The average molecular weight is 736 g/mol. The van der Waals surface area contributed by atoms with Crippen LogP contribution in [0.3, 0.4) is 0 Å². The summed E-state index contributed by atoms with van der Waals surface area (Å²) in [6, 6.07) is 66.3. The van der Waals surface area contributed by atoms with Crippen molar-refractivity contribution in [3.63, 3.8) is 0 Å². The van der Waals surface area contributed by atoms with Crippen molar-refractivity contribution in [2.45, 2.75) is 6.17 Å². The molecule has 0 aliphatic carbocycles. The van der Waals surface area contributed by atoms with Crippen LogP contribution in [0.2, 0.25) is 0 Å². The van der Waals surface area contributed by atoms with Gasteiger partial charge in [0.25, 0.3) is 0 Å². The van der Waals surface area contributed by atoms with Gasteiger partial charge in [0, 0.05) is 42.1 Å². The largest absolute Gasteiger partial charge is 0.456 e. The highest BCUT2D eigenvalue weighted by molar-refractivity contribution is 7.25. The van der Waals surface area contributed by atoms with Crippen molar-refractivity contribution in [1.82, 2.24) is 5.32 Å². The molecule has 0 radical (unpaired) electrons. The summed E-state index contributed by atoms with van der Waals surface area (Å²) in [4.78, 5) is 10.6.